The van der Waals surface area contributed by atoms with E-state index in [1.54, 1.807) is 13.0 Å². The van der Waals surface area contributed by atoms with Crippen molar-refractivity contribution in [2.45, 2.75) is 79.3 Å². The van der Waals surface area contributed by atoms with Crippen LogP contribution in [0.1, 0.15) is 77.6 Å². The number of carboxylic acid groups (broad SMARTS) is 1. The van der Waals surface area contributed by atoms with Crippen LogP contribution in [0, 0.1) is 11.3 Å². The zero-order valence-electron chi connectivity index (χ0n) is 22.7. The maximum Gasteiger partial charge on any atom is 0.305 e. The van der Waals surface area contributed by atoms with E-state index in [0.29, 0.717) is 11.8 Å². The topological polar surface area (TPSA) is 130 Å². The van der Waals surface area contributed by atoms with Gasteiger partial charge in [0.25, 0.3) is 5.91 Å². The summed E-state index contributed by atoms with van der Waals surface area (Å²) >= 11 is 0. The van der Waals surface area contributed by atoms with Crippen molar-refractivity contribution in [1.82, 2.24) is 10.6 Å². The van der Waals surface area contributed by atoms with Crippen LogP contribution in [-0.2, 0) is 19.2 Å². The van der Waals surface area contributed by atoms with Gasteiger partial charge in [-0.3, -0.25) is 19.2 Å². The highest BCUT2D eigenvalue weighted by molar-refractivity contribution is 6.08. The van der Waals surface area contributed by atoms with Gasteiger partial charge >= 0.3 is 5.97 Å². The molecule has 3 N–H and O–H groups in total. The van der Waals surface area contributed by atoms with E-state index in [1.807, 2.05) is 64.1 Å². The quantitative estimate of drug-likeness (QED) is 0.379. The van der Waals surface area contributed by atoms with Gasteiger partial charge in [0, 0.05) is 11.5 Å². The van der Waals surface area contributed by atoms with Crippen molar-refractivity contribution in [2.24, 2.45) is 11.3 Å². The summed E-state index contributed by atoms with van der Waals surface area (Å²) < 4.78 is 0. The van der Waals surface area contributed by atoms with Crippen molar-refractivity contribution < 1.29 is 29.1 Å². The molecule has 2 unspecified atom stereocenters. The Morgan fingerprint density at radius 2 is 1.62 bits per heavy atom. The molecule has 0 radical (unpaired) electrons. The highest BCUT2D eigenvalue weighted by Crippen LogP contribution is 2.22. The van der Waals surface area contributed by atoms with Crippen LogP contribution < -0.4 is 10.6 Å². The molecule has 0 aliphatic rings. The number of Topliss-reactive ketones (excluding diaryl/α,β-unsaturated/α-hetero) is 1. The molecule has 0 saturated heterocycles. The Kier molecular flexibility index (Phi) is 12.7. The number of ketones is 1. The van der Waals surface area contributed by atoms with Gasteiger partial charge in [0.15, 0.2) is 5.78 Å². The summed E-state index contributed by atoms with van der Waals surface area (Å²) in [7, 11) is 0. The van der Waals surface area contributed by atoms with Gasteiger partial charge in [-0.05, 0) is 35.6 Å². The Hall–Kier alpha value is -3.55. The normalized spacial score (nSPS) is 13.4. The Morgan fingerprint density at radius 3 is 2.16 bits per heavy atom. The summed E-state index contributed by atoms with van der Waals surface area (Å²) in [6.07, 6.45) is 2.79. The molecule has 0 spiro atoms. The van der Waals surface area contributed by atoms with Gasteiger partial charge in [-0.1, -0.05) is 83.9 Å². The molecule has 2 rings (SSSR count). The standard InChI is InChI=1S/C18H21NO2.C11H19NO4/c1-12(20)16(18(2,3)4)19-17(21)15-11-7-9-13-8-5-6-10-14(13)15;1-3-4-5-8(2)11(16)12-9(7-13)6-10(14)15/h5-11,16H,1-4H3,(H,19,21);7-9H,3-6H2,1-2H3,(H,12,16)(H,14,15)/t;8-,9?/m.0/s1. The summed E-state index contributed by atoms with van der Waals surface area (Å²) in [5.41, 5.74) is 0.287. The van der Waals surface area contributed by atoms with E-state index in [0.717, 1.165) is 30.0 Å². The van der Waals surface area contributed by atoms with E-state index >= 15 is 0 Å². The van der Waals surface area contributed by atoms with Crippen molar-refractivity contribution in [3.05, 3.63) is 48.0 Å². The maximum absolute atomic E-state index is 12.6. The monoisotopic (exact) mass is 512 g/mol. The number of aldehydes is 1. The molecule has 0 aromatic heterocycles. The molecule has 37 heavy (non-hydrogen) atoms. The molecule has 8 heteroatoms. The first-order valence-electron chi connectivity index (χ1n) is 12.6. The van der Waals surface area contributed by atoms with Crippen molar-refractivity contribution in [1.29, 1.82) is 0 Å². The second-order valence-electron chi connectivity index (χ2n) is 10.3. The lowest BCUT2D eigenvalue weighted by atomic mass is 9.84. The van der Waals surface area contributed by atoms with Crippen LogP contribution in [0.3, 0.4) is 0 Å². The van der Waals surface area contributed by atoms with E-state index in [-0.39, 0.29) is 35.4 Å². The van der Waals surface area contributed by atoms with Crippen LogP contribution >= 0.6 is 0 Å². The molecule has 0 aliphatic carbocycles. The van der Waals surface area contributed by atoms with Crippen molar-refractivity contribution >= 4 is 40.6 Å². The Balaban J connectivity index is 0.000000387. The summed E-state index contributed by atoms with van der Waals surface area (Å²) in [5.74, 6) is -1.78. The van der Waals surface area contributed by atoms with E-state index < -0.39 is 18.1 Å². The molecule has 2 amide bonds. The smallest absolute Gasteiger partial charge is 0.305 e. The lowest BCUT2D eigenvalue weighted by molar-refractivity contribution is -0.139. The summed E-state index contributed by atoms with van der Waals surface area (Å²) in [6, 6.07) is 11.9. The highest BCUT2D eigenvalue weighted by atomic mass is 16.4. The van der Waals surface area contributed by atoms with Crippen molar-refractivity contribution in [3.8, 4) is 0 Å². The second kappa shape index (κ2) is 14.9. The average Bonchev–Trinajstić information content (AvgIpc) is 2.83. The van der Waals surface area contributed by atoms with E-state index in [9.17, 15) is 24.0 Å². The summed E-state index contributed by atoms with van der Waals surface area (Å²) in [5, 5.41) is 15.7. The first kappa shape index (κ1) is 31.5. The number of rotatable bonds is 11. The minimum Gasteiger partial charge on any atom is -0.481 e. The molecule has 0 aliphatic heterocycles. The largest absolute Gasteiger partial charge is 0.481 e. The van der Waals surface area contributed by atoms with Gasteiger partial charge in [0.2, 0.25) is 5.91 Å². The number of benzene rings is 2. The molecular formula is C29H40N2O6. The van der Waals surface area contributed by atoms with Crippen LogP contribution in [0.2, 0.25) is 0 Å². The van der Waals surface area contributed by atoms with Gasteiger partial charge in [-0.2, -0.15) is 0 Å². The van der Waals surface area contributed by atoms with Crippen LogP contribution in [0.4, 0.5) is 0 Å². The number of carbonyl (C=O) groups excluding carboxylic acids is 4. The minimum absolute atomic E-state index is 0.0314. The Labute approximate surface area is 219 Å². The highest BCUT2D eigenvalue weighted by Gasteiger charge is 2.30. The molecule has 2 aromatic rings. The van der Waals surface area contributed by atoms with Gasteiger partial charge in [-0.25, -0.2) is 0 Å². The number of carbonyl (C=O) groups is 5. The van der Waals surface area contributed by atoms with Gasteiger partial charge in [0.1, 0.15) is 6.29 Å². The van der Waals surface area contributed by atoms with Gasteiger partial charge < -0.3 is 20.5 Å². The fourth-order valence-electron chi connectivity index (χ4n) is 3.85. The fraction of sp³-hybridized carbons (Fsp3) is 0.483. The van der Waals surface area contributed by atoms with Gasteiger partial charge in [0.05, 0.1) is 18.5 Å². The number of carboxylic acids is 1. The zero-order valence-corrected chi connectivity index (χ0v) is 22.7. The molecular weight excluding hydrogens is 472 g/mol. The second-order valence-corrected chi connectivity index (χ2v) is 10.3. The molecule has 0 heterocycles. The SMILES string of the molecule is CC(=O)C(NC(=O)c1cccc2ccccc12)C(C)(C)C.CCCC[C@H](C)C(=O)NC(C=O)CC(=O)O. The Bertz CT molecular complexity index is 1080. The number of amides is 2. The Morgan fingerprint density at radius 1 is 1.00 bits per heavy atom. The van der Waals surface area contributed by atoms with E-state index in [1.165, 1.54) is 6.92 Å². The zero-order chi connectivity index (χ0) is 28.2. The molecule has 8 nitrogen and oxygen atoms in total. The molecule has 2 aromatic carbocycles. The third-order valence-electron chi connectivity index (χ3n) is 5.91. The fourth-order valence-corrected chi connectivity index (χ4v) is 3.85. The van der Waals surface area contributed by atoms with E-state index in [4.69, 9.17) is 5.11 Å². The number of fused-ring (bicyclic) bond motifs is 1. The molecule has 0 saturated carbocycles. The molecule has 0 fully saturated rings. The maximum atomic E-state index is 12.6. The number of hydrogen-bond donors (Lipinski definition) is 3. The van der Waals surface area contributed by atoms with Crippen molar-refractivity contribution in [2.75, 3.05) is 0 Å². The predicted octanol–water partition coefficient (Wildman–Crippen LogP) is 4.54. The van der Waals surface area contributed by atoms with Crippen LogP contribution in [-0.4, -0.2) is 47.0 Å². The minimum atomic E-state index is -1.10. The van der Waals surface area contributed by atoms with E-state index in [2.05, 4.69) is 10.6 Å². The number of aliphatic carboxylic acids is 1. The predicted molar refractivity (Wildman–Crippen MR) is 144 cm³/mol. The number of nitrogens with one attached hydrogen (secondary N) is 2. The van der Waals surface area contributed by atoms with Crippen LogP contribution in [0.15, 0.2) is 42.5 Å². The molecule has 202 valence electrons. The number of hydrogen-bond acceptors (Lipinski definition) is 5. The third-order valence-corrected chi connectivity index (χ3v) is 5.91. The lowest BCUT2D eigenvalue weighted by Crippen LogP contribution is -2.48. The molecule has 0 bridgehead atoms. The molecule has 3 atom stereocenters. The first-order valence-corrected chi connectivity index (χ1v) is 12.6. The number of unbranched alkanes of at least 4 members (excludes halogenated alkanes) is 1. The van der Waals surface area contributed by atoms with Crippen molar-refractivity contribution in [3.63, 3.8) is 0 Å². The summed E-state index contributed by atoms with van der Waals surface area (Å²) in [4.78, 5) is 56.8. The third kappa shape index (κ3) is 10.5. The first-order chi connectivity index (χ1) is 17.3. The summed E-state index contributed by atoms with van der Waals surface area (Å²) in [6.45, 7) is 11.2. The average molecular weight is 513 g/mol. The van der Waals surface area contributed by atoms with Crippen LogP contribution in [0.25, 0.3) is 10.8 Å². The lowest BCUT2D eigenvalue weighted by Gasteiger charge is -2.29. The van der Waals surface area contributed by atoms with Gasteiger partial charge in [-0.15, -0.1) is 0 Å². The van der Waals surface area contributed by atoms with Crippen LogP contribution in [0.5, 0.6) is 0 Å².